The van der Waals surface area contributed by atoms with Gasteiger partial charge in [-0.15, -0.1) is 0 Å². The van der Waals surface area contributed by atoms with E-state index in [4.69, 9.17) is 9.84 Å². The lowest BCUT2D eigenvalue weighted by molar-refractivity contribution is 0.0691. The molecule has 0 heterocycles. The quantitative estimate of drug-likeness (QED) is 0.871. The maximum atomic E-state index is 11.2. The molecule has 1 N–H and O–H groups in total. The van der Waals surface area contributed by atoms with Crippen LogP contribution >= 0.6 is 0 Å². The second kappa shape index (κ2) is 6.60. The van der Waals surface area contributed by atoms with Gasteiger partial charge in [0.25, 0.3) is 0 Å². The second-order valence-electron chi connectivity index (χ2n) is 5.40. The number of aryl methyl sites for hydroxylation is 1. The molecular weight excluding hydrogens is 240 g/mol. The van der Waals surface area contributed by atoms with Crippen LogP contribution in [0.5, 0.6) is 5.75 Å². The monoisotopic (exact) mass is 262 g/mol. The molecule has 1 aliphatic rings. The first-order valence-electron chi connectivity index (χ1n) is 7.14. The average Bonchev–Trinajstić information content (AvgIpc) is 2.41. The molecule has 2 rings (SSSR count). The SMILES string of the molecule is Cc1cccc(C(=O)O)c1OCCC1CCCCC1. The molecule has 3 heteroatoms. The minimum Gasteiger partial charge on any atom is -0.492 e. The second-order valence-corrected chi connectivity index (χ2v) is 5.40. The topological polar surface area (TPSA) is 46.5 Å². The molecule has 1 aliphatic carbocycles. The lowest BCUT2D eigenvalue weighted by Gasteiger charge is -2.21. The molecule has 19 heavy (non-hydrogen) atoms. The molecule has 3 nitrogen and oxygen atoms in total. The minimum absolute atomic E-state index is 0.267. The van der Waals surface area contributed by atoms with Gasteiger partial charge in [-0.25, -0.2) is 4.79 Å². The number of carboxylic acids is 1. The largest absolute Gasteiger partial charge is 0.492 e. The summed E-state index contributed by atoms with van der Waals surface area (Å²) in [6.07, 6.45) is 7.64. The highest BCUT2D eigenvalue weighted by atomic mass is 16.5. The number of carboxylic acid groups (broad SMARTS) is 1. The summed E-state index contributed by atoms with van der Waals surface area (Å²) in [5.74, 6) is 0.369. The van der Waals surface area contributed by atoms with Crippen LogP contribution in [0.25, 0.3) is 0 Å². The van der Waals surface area contributed by atoms with Gasteiger partial charge in [0.1, 0.15) is 11.3 Å². The fourth-order valence-electron chi connectivity index (χ4n) is 2.82. The van der Waals surface area contributed by atoms with E-state index in [1.54, 1.807) is 12.1 Å². The third-order valence-electron chi connectivity index (χ3n) is 3.94. The molecule has 0 aliphatic heterocycles. The van der Waals surface area contributed by atoms with Crippen LogP contribution in [0.2, 0.25) is 0 Å². The number of rotatable bonds is 5. The molecule has 1 aromatic rings. The van der Waals surface area contributed by atoms with Gasteiger partial charge >= 0.3 is 5.97 Å². The van der Waals surface area contributed by atoms with Crippen LogP contribution < -0.4 is 4.74 Å². The van der Waals surface area contributed by atoms with Crippen molar-refractivity contribution in [2.45, 2.75) is 45.4 Å². The molecule has 104 valence electrons. The maximum Gasteiger partial charge on any atom is 0.339 e. The minimum atomic E-state index is -0.920. The van der Waals surface area contributed by atoms with Gasteiger partial charge in [-0.3, -0.25) is 0 Å². The highest BCUT2D eigenvalue weighted by Crippen LogP contribution is 2.28. The molecule has 0 unspecified atom stereocenters. The van der Waals surface area contributed by atoms with Gasteiger partial charge in [-0.05, 0) is 30.9 Å². The number of ether oxygens (including phenoxy) is 1. The smallest absolute Gasteiger partial charge is 0.339 e. The molecule has 0 amide bonds. The predicted octanol–water partition coefficient (Wildman–Crippen LogP) is 4.04. The van der Waals surface area contributed by atoms with E-state index in [1.807, 2.05) is 13.0 Å². The van der Waals surface area contributed by atoms with Crippen LogP contribution in [0.15, 0.2) is 18.2 Å². The zero-order valence-corrected chi connectivity index (χ0v) is 11.5. The highest BCUT2D eigenvalue weighted by Gasteiger charge is 2.16. The van der Waals surface area contributed by atoms with Crippen molar-refractivity contribution in [1.29, 1.82) is 0 Å². The Labute approximate surface area is 114 Å². The molecule has 0 saturated heterocycles. The number of para-hydroxylation sites is 1. The molecule has 1 fully saturated rings. The van der Waals surface area contributed by atoms with Gasteiger partial charge in [-0.1, -0.05) is 44.2 Å². The first-order chi connectivity index (χ1) is 9.18. The fourth-order valence-corrected chi connectivity index (χ4v) is 2.82. The van der Waals surface area contributed by atoms with Gasteiger partial charge < -0.3 is 9.84 Å². The van der Waals surface area contributed by atoms with Crippen LogP contribution in [0.3, 0.4) is 0 Å². The van der Waals surface area contributed by atoms with E-state index in [0.29, 0.717) is 12.4 Å². The molecule has 0 radical (unpaired) electrons. The van der Waals surface area contributed by atoms with Crippen molar-refractivity contribution in [1.82, 2.24) is 0 Å². The van der Waals surface area contributed by atoms with Crippen LogP contribution in [0.1, 0.15) is 54.4 Å². The molecular formula is C16H22O3. The Morgan fingerprint density at radius 1 is 1.32 bits per heavy atom. The van der Waals surface area contributed by atoms with E-state index in [1.165, 1.54) is 32.1 Å². The van der Waals surface area contributed by atoms with E-state index in [9.17, 15) is 4.79 Å². The van der Waals surface area contributed by atoms with Crippen molar-refractivity contribution in [3.8, 4) is 5.75 Å². The lowest BCUT2D eigenvalue weighted by atomic mass is 9.87. The summed E-state index contributed by atoms with van der Waals surface area (Å²) in [4.78, 5) is 11.2. The first-order valence-corrected chi connectivity index (χ1v) is 7.14. The lowest BCUT2D eigenvalue weighted by Crippen LogP contribution is -2.12. The summed E-state index contributed by atoms with van der Waals surface area (Å²) >= 11 is 0. The number of carbonyl (C=O) groups is 1. The number of hydrogen-bond donors (Lipinski definition) is 1. The molecule has 1 aromatic carbocycles. The Balaban J connectivity index is 1.93. The van der Waals surface area contributed by atoms with E-state index in [2.05, 4.69) is 0 Å². The Kier molecular flexibility index (Phi) is 4.83. The van der Waals surface area contributed by atoms with Gasteiger partial charge in [0.05, 0.1) is 6.61 Å². The Hall–Kier alpha value is -1.51. The highest BCUT2D eigenvalue weighted by molar-refractivity contribution is 5.91. The summed E-state index contributed by atoms with van der Waals surface area (Å²) in [5.41, 5.74) is 1.16. The van der Waals surface area contributed by atoms with Crippen molar-refractivity contribution in [2.24, 2.45) is 5.92 Å². The van der Waals surface area contributed by atoms with Gasteiger partial charge in [0.2, 0.25) is 0 Å². The Morgan fingerprint density at radius 2 is 2.05 bits per heavy atom. The van der Waals surface area contributed by atoms with Crippen LogP contribution in [0, 0.1) is 12.8 Å². The van der Waals surface area contributed by atoms with Crippen LogP contribution in [-0.4, -0.2) is 17.7 Å². The van der Waals surface area contributed by atoms with Crippen LogP contribution in [0.4, 0.5) is 0 Å². The van der Waals surface area contributed by atoms with Gasteiger partial charge in [0, 0.05) is 0 Å². The van der Waals surface area contributed by atoms with E-state index in [0.717, 1.165) is 17.9 Å². The van der Waals surface area contributed by atoms with E-state index in [-0.39, 0.29) is 5.56 Å². The van der Waals surface area contributed by atoms with Crippen LogP contribution in [-0.2, 0) is 0 Å². The summed E-state index contributed by atoms with van der Waals surface area (Å²) < 4.78 is 5.75. The van der Waals surface area contributed by atoms with Crippen molar-refractivity contribution in [3.63, 3.8) is 0 Å². The van der Waals surface area contributed by atoms with E-state index >= 15 is 0 Å². The number of benzene rings is 1. The predicted molar refractivity (Wildman–Crippen MR) is 74.8 cm³/mol. The zero-order chi connectivity index (χ0) is 13.7. The zero-order valence-electron chi connectivity index (χ0n) is 11.5. The van der Waals surface area contributed by atoms with Crippen molar-refractivity contribution < 1.29 is 14.6 Å². The summed E-state index contributed by atoms with van der Waals surface area (Å²) in [6, 6.07) is 5.25. The normalized spacial score (nSPS) is 16.3. The van der Waals surface area contributed by atoms with Crippen molar-refractivity contribution in [3.05, 3.63) is 29.3 Å². The Bertz CT molecular complexity index is 434. The van der Waals surface area contributed by atoms with Crippen molar-refractivity contribution in [2.75, 3.05) is 6.61 Å². The van der Waals surface area contributed by atoms with Crippen molar-refractivity contribution >= 4 is 5.97 Å². The Morgan fingerprint density at radius 3 is 2.74 bits per heavy atom. The number of aromatic carboxylic acids is 1. The maximum absolute atomic E-state index is 11.2. The molecule has 0 spiro atoms. The summed E-state index contributed by atoms with van der Waals surface area (Å²) in [7, 11) is 0. The molecule has 0 atom stereocenters. The molecule has 0 aromatic heterocycles. The molecule has 1 saturated carbocycles. The third-order valence-corrected chi connectivity index (χ3v) is 3.94. The van der Waals surface area contributed by atoms with Gasteiger partial charge in [0.15, 0.2) is 0 Å². The fraction of sp³-hybridized carbons (Fsp3) is 0.562. The first kappa shape index (κ1) is 13.9. The standard InChI is InChI=1S/C16H22O3/c1-12-6-5-9-14(16(17)18)15(12)19-11-10-13-7-3-2-4-8-13/h5-6,9,13H,2-4,7-8,10-11H2,1H3,(H,17,18). The average molecular weight is 262 g/mol. The number of hydrogen-bond acceptors (Lipinski definition) is 2. The molecule has 0 bridgehead atoms. The third kappa shape index (κ3) is 3.72. The summed E-state index contributed by atoms with van der Waals surface area (Å²) in [6.45, 7) is 2.51. The van der Waals surface area contributed by atoms with E-state index < -0.39 is 5.97 Å². The van der Waals surface area contributed by atoms with Gasteiger partial charge in [-0.2, -0.15) is 0 Å². The summed E-state index contributed by atoms with van der Waals surface area (Å²) in [5, 5.41) is 9.16.